The number of benzene rings is 2. The van der Waals surface area contributed by atoms with Crippen molar-refractivity contribution >= 4 is 33.2 Å². The Morgan fingerprint density at radius 2 is 1.84 bits per heavy atom. The van der Waals surface area contributed by atoms with E-state index in [0.717, 1.165) is 12.1 Å². The number of ether oxygens (including phenoxy) is 1. The third kappa shape index (κ3) is 4.91. The maximum absolute atomic E-state index is 13.4. The average Bonchev–Trinajstić information content (AvgIpc) is 2.56. The Kier molecular flexibility index (Phi) is 5.99. The number of carbonyl (C=O) groups excluding carboxylic acids is 1. The molecule has 2 rings (SSSR count). The number of halogens is 2. The van der Waals surface area contributed by atoms with Crippen LogP contribution in [0.15, 0.2) is 47.4 Å². The van der Waals surface area contributed by atoms with Gasteiger partial charge in [-0.25, -0.2) is 12.8 Å². The Morgan fingerprint density at radius 3 is 2.44 bits per heavy atom. The van der Waals surface area contributed by atoms with Crippen molar-refractivity contribution in [2.45, 2.75) is 17.9 Å². The van der Waals surface area contributed by atoms with Crippen LogP contribution in [-0.4, -0.2) is 27.5 Å². The number of nitrogens with one attached hydrogen (secondary N) is 2. The van der Waals surface area contributed by atoms with Crippen molar-refractivity contribution in [1.82, 2.24) is 4.72 Å². The number of carbonyl (C=O) groups is 1. The van der Waals surface area contributed by atoms with Gasteiger partial charge in [0.2, 0.25) is 15.9 Å². The highest BCUT2D eigenvalue weighted by atomic mass is 35.5. The van der Waals surface area contributed by atoms with E-state index in [2.05, 4.69) is 10.0 Å². The highest BCUT2D eigenvalue weighted by Gasteiger charge is 2.25. The number of hydrogen-bond acceptors (Lipinski definition) is 4. The minimum atomic E-state index is -4.17. The second kappa shape index (κ2) is 7.81. The summed E-state index contributed by atoms with van der Waals surface area (Å²) in [5.41, 5.74) is 0.462. The van der Waals surface area contributed by atoms with Crippen LogP contribution in [0.2, 0.25) is 5.02 Å². The minimum Gasteiger partial charge on any atom is -0.495 e. The third-order valence-corrected chi connectivity index (χ3v) is 5.07. The lowest BCUT2D eigenvalue weighted by molar-refractivity contribution is -0.117. The van der Waals surface area contributed by atoms with E-state index in [-0.39, 0.29) is 10.6 Å². The van der Waals surface area contributed by atoms with Gasteiger partial charge in [-0.3, -0.25) is 4.79 Å². The molecule has 134 valence electrons. The van der Waals surface area contributed by atoms with Gasteiger partial charge in [-0.1, -0.05) is 11.6 Å². The Labute approximate surface area is 150 Å². The fraction of sp³-hybridized carbons (Fsp3) is 0.188. The van der Waals surface area contributed by atoms with Gasteiger partial charge >= 0.3 is 0 Å². The lowest BCUT2D eigenvalue weighted by Crippen LogP contribution is -2.41. The van der Waals surface area contributed by atoms with Crippen LogP contribution in [0.3, 0.4) is 0 Å². The normalized spacial score (nSPS) is 12.5. The maximum Gasteiger partial charge on any atom is 0.245 e. The first-order valence-electron chi connectivity index (χ1n) is 7.15. The first-order valence-corrected chi connectivity index (χ1v) is 9.01. The van der Waals surface area contributed by atoms with Crippen molar-refractivity contribution in [3.8, 4) is 5.75 Å². The largest absolute Gasteiger partial charge is 0.495 e. The van der Waals surface area contributed by atoms with Gasteiger partial charge in [0, 0.05) is 10.7 Å². The van der Waals surface area contributed by atoms with Crippen molar-refractivity contribution in [3.63, 3.8) is 0 Å². The predicted octanol–water partition coefficient (Wildman–Crippen LogP) is 2.79. The summed E-state index contributed by atoms with van der Waals surface area (Å²) >= 11 is 5.76. The smallest absolute Gasteiger partial charge is 0.245 e. The highest BCUT2D eigenvalue weighted by molar-refractivity contribution is 7.89. The van der Waals surface area contributed by atoms with Crippen molar-refractivity contribution in [2.75, 3.05) is 12.4 Å². The van der Waals surface area contributed by atoms with Crippen LogP contribution in [0.4, 0.5) is 10.1 Å². The molecule has 0 aliphatic carbocycles. The summed E-state index contributed by atoms with van der Waals surface area (Å²) in [7, 11) is -2.90. The second-order valence-corrected chi connectivity index (χ2v) is 7.25. The van der Waals surface area contributed by atoms with Gasteiger partial charge in [0.1, 0.15) is 16.5 Å². The summed E-state index contributed by atoms with van der Waals surface area (Å²) in [6.45, 7) is 1.37. The Morgan fingerprint density at radius 1 is 1.20 bits per heavy atom. The molecule has 0 aliphatic rings. The molecule has 0 heterocycles. The van der Waals surface area contributed by atoms with E-state index in [1.165, 1.54) is 20.1 Å². The van der Waals surface area contributed by atoms with Crippen LogP contribution in [0.5, 0.6) is 5.75 Å². The van der Waals surface area contributed by atoms with Crippen LogP contribution in [0, 0.1) is 5.82 Å². The quantitative estimate of drug-likeness (QED) is 0.799. The van der Waals surface area contributed by atoms with Crippen molar-refractivity contribution in [2.24, 2.45) is 0 Å². The molecule has 1 atom stereocenters. The van der Waals surface area contributed by atoms with Gasteiger partial charge in [-0.05, 0) is 49.4 Å². The van der Waals surface area contributed by atoms with Gasteiger partial charge in [0.15, 0.2) is 0 Å². The molecule has 0 aliphatic heterocycles. The van der Waals surface area contributed by atoms with Crippen molar-refractivity contribution in [1.29, 1.82) is 0 Å². The molecule has 0 saturated heterocycles. The van der Waals surface area contributed by atoms with Crippen LogP contribution in [0.25, 0.3) is 0 Å². The summed E-state index contributed by atoms with van der Waals surface area (Å²) in [5.74, 6) is -1.35. The van der Waals surface area contributed by atoms with E-state index in [1.54, 1.807) is 24.3 Å². The fourth-order valence-electron chi connectivity index (χ4n) is 1.99. The zero-order valence-corrected chi connectivity index (χ0v) is 15.0. The molecular weight excluding hydrogens is 371 g/mol. The average molecular weight is 387 g/mol. The summed E-state index contributed by atoms with van der Waals surface area (Å²) in [4.78, 5) is 11.8. The van der Waals surface area contributed by atoms with E-state index < -0.39 is 27.8 Å². The van der Waals surface area contributed by atoms with Gasteiger partial charge in [0.25, 0.3) is 0 Å². The monoisotopic (exact) mass is 386 g/mol. The summed E-state index contributed by atoms with van der Waals surface area (Å²) in [6.07, 6.45) is 0. The fourth-order valence-corrected chi connectivity index (χ4v) is 3.50. The topological polar surface area (TPSA) is 84.5 Å². The van der Waals surface area contributed by atoms with E-state index in [9.17, 15) is 17.6 Å². The lowest BCUT2D eigenvalue weighted by atomic mass is 10.3. The molecule has 0 spiro atoms. The molecule has 0 bridgehead atoms. The van der Waals surface area contributed by atoms with Crippen LogP contribution < -0.4 is 14.8 Å². The maximum atomic E-state index is 13.4. The Bertz CT molecular complexity index is 872. The molecule has 1 amide bonds. The molecule has 0 fully saturated rings. The molecule has 2 aromatic rings. The van der Waals surface area contributed by atoms with Crippen molar-refractivity contribution < 1.29 is 22.3 Å². The molecule has 0 saturated carbocycles. The summed E-state index contributed by atoms with van der Waals surface area (Å²) < 4.78 is 45.4. The minimum absolute atomic E-state index is 0.0285. The number of anilines is 1. The molecular formula is C16H16ClFN2O4S. The molecule has 1 unspecified atom stereocenters. The SMILES string of the molecule is COc1ccc(F)cc1S(=O)(=O)NC(C)C(=O)Nc1ccc(Cl)cc1. The van der Waals surface area contributed by atoms with E-state index >= 15 is 0 Å². The highest BCUT2D eigenvalue weighted by Crippen LogP contribution is 2.24. The zero-order valence-electron chi connectivity index (χ0n) is 13.4. The third-order valence-electron chi connectivity index (χ3n) is 3.25. The van der Waals surface area contributed by atoms with Crippen LogP contribution >= 0.6 is 11.6 Å². The molecule has 6 nitrogen and oxygen atoms in total. The molecule has 25 heavy (non-hydrogen) atoms. The van der Waals surface area contributed by atoms with Crippen molar-refractivity contribution in [3.05, 3.63) is 53.3 Å². The number of methoxy groups -OCH3 is 1. The predicted molar refractivity (Wildman–Crippen MR) is 92.8 cm³/mol. The molecule has 2 N–H and O–H groups in total. The standard InChI is InChI=1S/C16H16ClFN2O4S/c1-10(16(21)19-13-6-3-11(17)4-7-13)20-25(22,23)15-9-12(18)5-8-14(15)24-2/h3-10,20H,1-2H3,(H,19,21). The molecule has 0 radical (unpaired) electrons. The second-order valence-electron chi connectivity index (χ2n) is 5.13. The Balaban J connectivity index is 2.15. The van der Waals surface area contributed by atoms with E-state index in [1.807, 2.05) is 0 Å². The Hall–Kier alpha value is -2.16. The number of hydrogen-bond donors (Lipinski definition) is 2. The number of sulfonamides is 1. The summed E-state index contributed by atoms with van der Waals surface area (Å²) in [6, 6.07) is 8.33. The molecule has 0 aromatic heterocycles. The van der Waals surface area contributed by atoms with E-state index in [0.29, 0.717) is 10.7 Å². The first-order chi connectivity index (χ1) is 11.7. The van der Waals surface area contributed by atoms with Gasteiger partial charge in [-0.2, -0.15) is 4.72 Å². The number of amides is 1. The lowest BCUT2D eigenvalue weighted by Gasteiger charge is -2.16. The van der Waals surface area contributed by atoms with Gasteiger partial charge in [-0.15, -0.1) is 0 Å². The van der Waals surface area contributed by atoms with Crippen LogP contribution in [0.1, 0.15) is 6.92 Å². The molecule has 9 heteroatoms. The van der Waals surface area contributed by atoms with E-state index in [4.69, 9.17) is 16.3 Å². The van der Waals surface area contributed by atoms with Gasteiger partial charge < -0.3 is 10.1 Å². The van der Waals surface area contributed by atoms with Crippen LogP contribution in [-0.2, 0) is 14.8 Å². The zero-order chi connectivity index (χ0) is 18.6. The number of rotatable bonds is 6. The summed E-state index contributed by atoms with van der Waals surface area (Å²) in [5, 5.41) is 3.06. The first kappa shape index (κ1) is 19.2. The van der Waals surface area contributed by atoms with Gasteiger partial charge in [0.05, 0.1) is 13.2 Å². The molecule has 2 aromatic carbocycles.